The van der Waals surface area contributed by atoms with Gasteiger partial charge in [-0.25, -0.2) is 0 Å². The van der Waals surface area contributed by atoms with Gasteiger partial charge in [0.1, 0.15) is 0 Å². The Bertz CT molecular complexity index is 869. The predicted molar refractivity (Wildman–Crippen MR) is 109 cm³/mol. The Kier molecular flexibility index (Phi) is 13.6. The number of hydrogen-bond acceptors (Lipinski definition) is 0. The van der Waals surface area contributed by atoms with Crippen LogP contribution < -0.4 is 24.8 Å². The summed E-state index contributed by atoms with van der Waals surface area (Å²) in [7, 11) is 0. The molecule has 0 atom stereocenters. The maximum absolute atomic E-state index is 3.00. The first kappa shape index (κ1) is 28.1. The summed E-state index contributed by atoms with van der Waals surface area (Å²) >= 11 is 0. The van der Waals surface area contributed by atoms with Gasteiger partial charge in [-0.3, -0.25) is 0 Å². The molecule has 0 saturated heterocycles. The third-order valence-corrected chi connectivity index (χ3v) is 4.66. The van der Waals surface area contributed by atoms with Gasteiger partial charge >= 0.3 is 25.8 Å². The quantitative estimate of drug-likeness (QED) is 0.171. The number of rotatable bonds is 0. The molecule has 0 radical (unpaired) electrons. The topological polar surface area (TPSA) is 0 Å². The summed E-state index contributed by atoms with van der Waals surface area (Å²) in [5.74, 6) is 0. The van der Waals surface area contributed by atoms with Gasteiger partial charge in [0.15, 0.2) is 0 Å². The second-order valence-corrected chi connectivity index (χ2v) is 6.08. The number of fused-ring (bicyclic) bond motifs is 2. The minimum absolute atomic E-state index is 0. The van der Waals surface area contributed by atoms with Gasteiger partial charge in [-0.05, 0) is 0 Å². The Labute approximate surface area is 195 Å². The molecule has 0 saturated carbocycles. The summed E-state index contributed by atoms with van der Waals surface area (Å²) < 4.78 is 0. The van der Waals surface area contributed by atoms with Crippen LogP contribution in [0.25, 0.3) is 21.5 Å². The van der Waals surface area contributed by atoms with E-state index < -0.39 is 0 Å². The number of halogens is 2. The second kappa shape index (κ2) is 13.1. The predicted octanol–water partition coefficient (Wildman–Crippen LogP) is 1.16. The van der Waals surface area contributed by atoms with Crippen LogP contribution in [0, 0.1) is 27.7 Å². The molecule has 3 heteroatoms. The molecular formula is C24H26Cl2Hf. The average molecular weight is 564 g/mol. The third-order valence-electron chi connectivity index (χ3n) is 4.66. The zero-order valence-corrected chi connectivity index (χ0v) is 21.5. The van der Waals surface area contributed by atoms with Crippen molar-refractivity contribution in [3.05, 3.63) is 96.1 Å². The molecule has 140 valence electrons. The zero-order valence-electron chi connectivity index (χ0n) is 16.4. The standard InChI is InChI=1S/2C11H11.C2H4.2ClH.Hf/c2*1-8-7-10-5-3-4-6-11(10)9(8)2;1-2;;;/h2*3-7H,1-2H3;1-2H2;2*1H;/q2*-1;;;;+4/p-2. The molecule has 0 aliphatic heterocycles. The summed E-state index contributed by atoms with van der Waals surface area (Å²) in [5, 5.41) is 5.51. The largest absolute Gasteiger partial charge is 4.00 e. The van der Waals surface area contributed by atoms with Gasteiger partial charge in [-0.1, -0.05) is 39.8 Å². The first-order valence-electron chi connectivity index (χ1n) is 8.31. The van der Waals surface area contributed by atoms with Crippen LogP contribution >= 0.6 is 0 Å². The monoisotopic (exact) mass is 564 g/mol. The maximum atomic E-state index is 3.00. The van der Waals surface area contributed by atoms with E-state index in [-0.39, 0.29) is 50.7 Å². The van der Waals surface area contributed by atoms with Crippen LogP contribution in [0.5, 0.6) is 0 Å². The van der Waals surface area contributed by atoms with Crippen molar-refractivity contribution in [3.63, 3.8) is 0 Å². The summed E-state index contributed by atoms with van der Waals surface area (Å²) in [4.78, 5) is 0. The first-order chi connectivity index (χ1) is 11.6. The Morgan fingerprint density at radius 3 is 1.19 bits per heavy atom. The normalized spacial score (nSPS) is 8.89. The van der Waals surface area contributed by atoms with E-state index in [9.17, 15) is 0 Å². The van der Waals surface area contributed by atoms with Gasteiger partial charge in [-0.15, -0.1) is 94.4 Å². The fourth-order valence-corrected chi connectivity index (χ4v) is 3.04. The fourth-order valence-electron chi connectivity index (χ4n) is 3.04. The smallest absolute Gasteiger partial charge is 1.00 e. The van der Waals surface area contributed by atoms with Crippen molar-refractivity contribution in [2.45, 2.75) is 27.7 Å². The molecule has 4 rings (SSSR count). The molecule has 0 aromatic heterocycles. The molecular weight excluding hydrogens is 538 g/mol. The van der Waals surface area contributed by atoms with Gasteiger partial charge in [0, 0.05) is 0 Å². The van der Waals surface area contributed by atoms with Crippen LogP contribution in [0.3, 0.4) is 0 Å². The Morgan fingerprint density at radius 1 is 0.593 bits per heavy atom. The third kappa shape index (κ3) is 6.45. The molecule has 4 aromatic carbocycles. The van der Waals surface area contributed by atoms with E-state index in [1.165, 1.54) is 43.8 Å². The SMILES string of the molecule is C=C.Cc1[cH-]c2ccccc2c1C.Cc1[cH-]c2ccccc2c1C.[Cl-].[Cl-].[Hf+4]. The molecule has 0 N–H and O–H groups in total. The molecule has 4 aromatic rings. The van der Waals surface area contributed by atoms with E-state index in [0.29, 0.717) is 0 Å². The van der Waals surface area contributed by atoms with Crippen LogP contribution in [-0.2, 0) is 25.8 Å². The molecule has 0 spiro atoms. The van der Waals surface area contributed by atoms with E-state index >= 15 is 0 Å². The molecule has 0 bridgehead atoms. The van der Waals surface area contributed by atoms with Crippen LogP contribution in [0.15, 0.2) is 73.8 Å². The van der Waals surface area contributed by atoms with Crippen LogP contribution in [-0.4, -0.2) is 0 Å². The Balaban J connectivity index is 0. The van der Waals surface area contributed by atoms with Crippen molar-refractivity contribution in [1.29, 1.82) is 0 Å². The van der Waals surface area contributed by atoms with E-state index in [4.69, 9.17) is 0 Å². The summed E-state index contributed by atoms with van der Waals surface area (Å²) in [6.45, 7) is 14.7. The average Bonchev–Trinajstić information content (AvgIpc) is 3.07. The molecule has 0 amide bonds. The van der Waals surface area contributed by atoms with Gasteiger partial charge in [-0.2, -0.15) is 11.1 Å². The van der Waals surface area contributed by atoms with Gasteiger partial charge in [0.25, 0.3) is 0 Å². The van der Waals surface area contributed by atoms with Crippen LogP contribution in [0.2, 0.25) is 0 Å². The van der Waals surface area contributed by atoms with Crippen molar-refractivity contribution < 1.29 is 50.7 Å². The van der Waals surface area contributed by atoms with E-state index in [1.807, 2.05) is 0 Å². The molecule has 0 unspecified atom stereocenters. The number of aryl methyl sites for hydroxylation is 4. The van der Waals surface area contributed by atoms with E-state index in [2.05, 4.69) is 102 Å². The molecule has 0 aliphatic carbocycles. The molecule has 0 aliphatic rings. The summed E-state index contributed by atoms with van der Waals surface area (Å²) in [5.41, 5.74) is 5.62. The fraction of sp³-hybridized carbons (Fsp3) is 0.167. The first-order valence-corrected chi connectivity index (χ1v) is 8.31. The zero-order chi connectivity index (χ0) is 17.7. The van der Waals surface area contributed by atoms with Crippen molar-refractivity contribution in [2.75, 3.05) is 0 Å². The van der Waals surface area contributed by atoms with Crippen molar-refractivity contribution in [2.24, 2.45) is 0 Å². The van der Waals surface area contributed by atoms with Crippen molar-refractivity contribution in [1.82, 2.24) is 0 Å². The maximum Gasteiger partial charge on any atom is 4.00 e. The van der Waals surface area contributed by atoms with Crippen LogP contribution in [0.4, 0.5) is 0 Å². The minimum atomic E-state index is 0. The minimum Gasteiger partial charge on any atom is -1.00 e. The molecule has 0 heterocycles. The number of hydrogen-bond donors (Lipinski definition) is 0. The van der Waals surface area contributed by atoms with Gasteiger partial charge < -0.3 is 24.8 Å². The Morgan fingerprint density at radius 2 is 0.889 bits per heavy atom. The Hall–Kier alpha value is -1.15. The van der Waals surface area contributed by atoms with Crippen molar-refractivity contribution >= 4 is 21.5 Å². The van der Waals surface area contributed by atoms with Crippen LogP contribution in [0.1, 0.15) is 22.3 Å². The summed E-state index contributed by atoms with van der Waals surface area (Å²) in [6, 6.07) is 21.5. The number of benzene rings is 2. The van der Waals surface area contributed by atoms with Gasteiger partial charge in [0.05, 0.1) is 0 Å². The molecule has 27 heavy (non-hydrogen) atoms. The van der Waals surface area contributed by atoms with Gasteiger partial charge in [0.2, 0.25) is 0 Å². The molecule has 0 nitrogen and oxygen atoms in total. The second-order valence-electron chi connectivity index (χ2n) is 6.08. The molecule has 0 fully saturated rings. The van der Waals surface area contributed by atoms with E-state index in [1.54, 1.807) is 0 Å². The van der Waals surface area contributed by atoms with E-state index in [0.717, 1.165) is 0 Å². The van der Waals surface area contributed by atoms with Crippen molar-refractivity contribution in [3.8, 4) is 0 Å². The summed E-state index contributed by atoms with van der Waals surface area (Å²) in [6.07, 6.45) is 0.